The predicted octanol–water partition coefficient (Wildman–Crippen LogP) is 1.25. The van der Waals surface area contributed by atoms with Gasteiger partial charge in [-0.3, -0.25) is 9.88 Å². The molecule has 2 aliphatic rings. The summed E-state index contributed by atoms with van der Waals surface area (Å²) in [6.07, 6.45) is 1.65. The number of fused-ring (bicyclic) bond motifs is 1. The lowest BCUT2D eigenvalue weighted by Gasteiger charge is -2.47. The van der Waals surface area contributed by atoms with Gasteiger partial charge >= 0.3 is 0 Å². The highest BCUT2D eigenvalue weighted by molar-refractivity contribution is 7.89. The minimum Gasteiger partial charge on any atom is -0.301 e. The molecule has 0 saturated carbocycles. The average Bonchev–Trinajstić information content (AvgIpc) is 2.60. The van der Waals surface area contributed by atoms with Gasteiger partial charge in [-0.25, -0.2) is 8.42 Å². The van der Waals surface area contributed by atoms with Crippen LogP contribution in [0.15, 0.2) is 41.4 Å². The number of hydrogen-bond acceptors (Lipinski definition) is 5. The molecule has 6 nitrogen and oxygen atoms in total. The molecule has 1 aromatic carbocycles. The molecule has 0 spiro atoms. The molecule has 4 rings (SSSR count). The zero-order chi connectivity index (χ0) is 17.4. The number of para-hydroxylation sites is 1. The van der Waals surface area contributed by atoms with Gasteiger partial charge in [-0.15, -0.1) is 0 Å². The maximum absolute atomic E-state index is 13.0. The molecule has 0 aliphatic carbocycles. The van der Waals surface area contributed by atoms with E-state index in [0.717, 1.165) is 38.1 Å². The van der Waals surface area contributed by atoms with Crippen LogP contribution in [0.25, 0.3) is 10.9 Å². The predicted molar refractivity (Wildman–Crippen MR) is 98.0 cm³/mol. The Morgan fingerprint density at radius 3 is 2.52 bits per heavy atom. The standard InChI is InChI=1S/C18H24N4O2S/c1-2-20-9-11-21(12-10-20)16-13-22(14-16)25(23,24)17-7-3-5-15-6-4-8-19-18(15)17/h3-8,16H,2,9-14H2,1H3. The van der Waals surface area contributed by atoms with Crippen molar-refractivity contribution in [3.05, 3.63) is 36.5 Å². The Labute approximate surface area is 149 Å². The molecule has 2 aliphatic heterocycles. The van der Waals surface area contributed by atoms with Crippen molar-refractivity contribution in [2.45, 2.75) is 17.9 Å². The van der Waals surface area contributed by atoms with Gasteiger partial charge in [0.15, 0.2) is 0 Å². The summed E-state index contributed by atoms with van der Waals surface area (Å²) in [6.45, 7) is 8.65. The molecule has 0 unspecified atom stereocenters. The van der Waals surface area contributed by atoms with Crippen molar-refractivity contribution in [3.8, 4) is 0 Å². The van der Waals surface area contributed by atoms with Crippen LogP contribution in [0.1, 0.15) is 6.92 Å². The van der Waals surface area contributed by atoms with Gasteiger partial charge in [-0.05, 0) is 18.7 Å². The normalized spacial score (nSPS) is 21.5. The quantitative estimate of drug-likeness (QED) is 0.821. The fourth-order valence-corrected chi connectivity index (χ4v) is 5.39. The van der Waals surface area contributed by atoms with Crippen LogP contribution in [0.5, 0.6) is 0 Å². The highest BCUT2D eigenvalue weighted by Crippen LogP contribution is 2.28. The summed E-state index contributed by atoms with van der Waals surface area (Å²) in [5, 5.41) is 0.858. The first-order chi connectivity index (χ1) is 12.1. The molecule has 2 saturated heterocycles. The number of hydrogen-bond donors (Lipinski definition) is 0. The smallest absolute Gasteiger partial charge is 0.245 e. The first-order valence-electron chi connectivity index (χ1n) is 8.90. The summed E-state index contributed by atoms with van der Waals surface area (Å²) >= 11 is 0. The molecule has 0 N–H and O–H groups in total. The molecular weight excluding hydrogens is 336 g/mol. The molecule has 0 bridgehead atoms. The molecule has 0 radical (unpaired) electrons. The monoisotopic (exact) mass is 360 g/mol. The van der Waals surface area contributed by atoms with Crippen molar-refractivity contribution >= 4 is 20.9 Å². The van der Waals surface area contributed by atoms with E-state index in [1.807, 2.05) is 18.2 Å². The Kier molecular flexibility index (Phi) is 4.49. The molecule has 25 heavy (non-hydrogen) atoms. The topological polar surface area (TPSA) is 56.8 Å². The number of piperazine rings is 1. The minimum absolute atomic E-state index is 0.319. The molecule has 2 aromatic rings. The third kappa shape index (κ3) is 3.06. The SMILES string of the molecule is CCN1CCN(C2CN(S(=O)(=O)c3cccc4cccnc34)C2)CC1. The second-order valence-corrected chi connectivity index (χ2v) is 8.68. The zero-order valence-electron chi connectivity index (χ0n) is 14.5. The maximum atomic E-state index is 13.0. The summed E-state index contributed by atoms with van der Waals surface area (Å²) < 4.78 is 27.6. The molecule has 3 heterocycles. The van der Waals surface area contributed by atoms with E-state index in [1.54, 1.807) is 22.6 Å². The van der Waals surface area contributed by atoms with Crippen molar-refractivity contribution in [1.29, 1.82) is 0 Å². The maximum Gasteiger partial charge on any atom is 0.245 e. The fraction of sp³-hybridized carbons (Fsp3) is 0.500. The van der Waals surface area contributed by atoms with Crippen LogP contribution in [0, 0.1) is 0 Å². The van der Waals surface area contributed by atoms with Crippen LogP contribution < -0.4 is 0 Å². The molecule has 1 aromatic heterocycles. The van der Waals surface area contributed by atoms with Crippen molar-refractivity contribution in [1.82, 2.24) is 19.1 Å². The summed E-state index contributed by atoms with van der Waals surface area (Å²) in [6, 6.07) is 9.42. The van der Waals surface area contributed by atoms with Crippen LogP contribution in [0.3, 0.4) is 0 Å². The Hall–Kier alpha value is -1.54. The van der Waals surface area contributed by atoms with Gasteiger partial charge in [-0.2, -0.15) is 4.31 Å². The number of rotatable bonds is 4. The summed E-state index contributed by atoms with van der Waals surface area (Å²) in [7, 11) is -3.48. The molecule has 134 valence electrons. The summed E-state index contributed by atoms with van der Waals surface area (Å²) in [5.41, 5.74) is 0.560. The number of pyridine rings is 1. The van der Waals surface area contributed by atoms with E-state index >= 15 is 0 Å². The Balaban J connectivity index is 1.48. The number of sulfonamides is 1. The van der Waals surface area contributed by atoms with Gasteiger partial charge in [0.25, 0.3) is 0 Å². The average molecular weight is 360 g/mol. The lowest BCUT2D eigenvalue weighted by Crippen LogP contribution is -2.64. The van der Waals surface area contributed by atoms with Gasteiger partial charge in [0.1, 0.15) is 4.90 Å². The largest absolute Gasteiger partial charge is 0.301 e. The Bertz CT molecular complexity index is 851. The number of aromatic nitrogens is 1. The molecule has 2 fully saturated rings. The fourth-order valence-electron chi connectivity index (χ4n) is 3.71. The van der Waals surface area contributed by atoms with E-state index in [4.69, 9.17) is 0 Å². The van der Waals surface area contributed by atoms with Crippen molar-refractivity contribution in [3.63, 3.8) is 0 Å². The second-order valence-electron chi connectivity index (χ2n) is 6.78. The van der Waals surface area contributed by atoms with Crippen molar-refractivity contribution in [2.24, 2.45) is 0 Å². The van der Waals surface area contributed by atoms with Crippen molar-refractivity contribution < 1.29 is 8.42 Å². The second kappa shape index (κ2) is 6.64. The van der Waals surface area contributed by atoms with E-state index in [-0.39, 0.29) is 0 Å². The molecule has 7 heteroatoms. The summed E-state index contributed by atoms with van der Waals surface area (Å²) in [4.78, 5) is 9.48. The van der Waals surface area contributed by atoms with E-state index in [0.29, 0.717) is 29.5 Å². The van der Waals surface area contributed by atoms with Crippen molar-refractivity contribution in [2.75, 3.05) is 45.8 Å². The Morgan fingerprint density at radius 2 is 1.80 bits per heavy atom. The van der Waals surface area contributed by atoms with Crippen LogP contribution in [-0.4, -0.2) is 79.4 Å². The van der Waals surface area contributed by atoms with Crippen LogP contribution >= 0.6 is 0 Å². The van der Waals surface area contributed by atoms with Gasteiger partial charge in [-0.1, -0.05) is 25.1 Å². The van der Waals surface area contributed by atoms with Gasteiger partial charge in [0.05, 0.1) is 5.52 Å². The highest BCUT2D eigenvalue weighted by atomic mass is 32.2. The lowest BCUT2D eigenvalue weighted by atomic mass is 10.1. The van der Waals surface area contributed by atoms with E-state index in [1.165, 1.54) is 0 Å². The van der Waals surface area contributed by atoms with E-state index in [2.05, 4.69) is 21.7 Å². The molecule has 0 amide bonds. The third-order valence-electron chi connectivity index (χ3n) is 5.41. The van der Waals surface area contributed by atoms with E-state index in [9.17, 15) is 8.42 Å². The first-order valence-corrected chi connectivity index (χ1v) is 10.3. The third-order valence-corrected chi connectivity index (χ3v) is 7.28. The summed E-state index contributed by atoms with van der Waals surface area (Å²) in [5.74, 6) is 0. The lowest BCUT2D eigenvalue weighted by molar-refractivity contribution is 0.0426. The molecular formula is C18H24N4O2S. The Morgan fingerprint density at radius 1 is 1.08 bits per heavy atom. The number of likely N-dealkylation sites (N-methyl/N-ethyl adjacent to an activating group) is 1. The molecule has 0 atom stereocenters. The van der Waals surface area contributed by atoms with Gasteiger partial charge in [0, 0.05) is 56.9 Å². The number of nitrogens with zero attached hydrogens (tertiary/aromatic N) is 4. The highest BCUT2D eigenvalue weighted by Gasteiger charge is 2.40. The van der Waals surface area contributed by atoms with Crippen LogP contribution in [0.2, 0.25) is 0 Å². The van der Waals surface area contributed by atoms with E-state index < -0.39 is 10.0 Å². The van der Waals surface area contributed by atoms with Gasteiger partial charge in [0.2, 0.25) is 10.0 Å². The number of benzene rings is 1. The van der Waals surface area contributed by atoms with Crippen LogP contribution in [-0.2, 0) is 10.0 Å². The first kappa shape index (κ1) is 16.9. The van der Waals surface area contributed by atoms with Crippen LogP contribution in [0.4, 0.5) is 0 Å². The minimum atomic E-state index is -3.48. The van der Waals surface area contributed by atoms with Gasteiger partial charge < -0.3 is 4.90 Å². The zero-order valence-corrected chi connectivity index (χ0v) is 15.3.